The fourth-order valence-corrected chi connectivity index (χ4v) is 3.04. The number of hydrogen-bond acceptors (Lipinski definition) is 0. The van der Waals surface area contributed by atoms with Gasteiger partial charge >= 0.3 is 0 Å². The van der Waals surface area contributed by atoms with E-state index in [2.05, 4.69) is 34.6 Å². The number of unbranched alkanes of at least 4 members (excludes halogenated alkanes) is 5. The van der Waals surface area contributed by atoms with Crippen molar-refractivity contribution in [2.75, 3.05) is 0 Å². The van der Waals surface area contributed by atoms with Gasteiger partial charge in [-0.1, -0.05) is 86.0 Å². The van der Waals surface area contributed by atoms with Crippen LogP contribution < -0.4 is 0 Å². The third-order valence-corrected chi connectivity index (χ3v) is 4.59. The van der Waals surface area contributed by atoms with Crippen LogP contribution in [0.1, 0.15) is 105 Å². The van der Waals surface area contributed by atoms with E-state index in [0.29, 0.717) is 5.41 Å². The van der Waals surface area contributed by atoms with Crippen LogP contribution in [0.15, 0.2) is 0 Å². The molecule has 0 aromatic heterocycles. The fraction of sp³-hybridized carbons (Fsp3) is 1.00. The Hall–Kier alpha value is 0. The summed E-state index contributed by atoms with van der Waals surface area (Å²) in [5, 5.41) is 0. The summed E-state index contributed by atoms with van der Waals surface area (Å²) in [5.74, 6) is 0.960. The molecular formula is C18H38. The molecule has 0 aliphatic rings. The van der Waals surface area contributed by atoms with Gasteiger partial charge in [0, 0.05) is 0 Å². The first kappa shape index (κ1) is 18.0. The van der Waals surface area contributed by atoms with Crippen LogP contribution in [0.4, 0.5) is 0 Å². The van der Waals surface area contributed by atoms with Gasteiger partial charge in [0.2, 0.25) is 0 Å². The second-order valence-corrected chi connectivity index (χ2v) is 6.78. The highest BCUT2D eigenvalue weighted by atomic mass is 14.3. The predicted octanol–water partition coefficient (Wildman–Crippen LogP) is 6.98. The Kier molecular flexibility index (Phi) is 10.9. The lowest BCUT2D eigenvalue weighted by Gasteiger charge is -2.35. The summed E-state index contributed by atoms with van der Waals surface area (Å²) in [7, 11) is 0. The van der Waals surface area contributed by atoms with Crippen LogP contribution in [-0.4, -0.2) is 0 Å². The minimum absolute atomic E-state index is 0.567. The normalized spacial score (nSPS) is 12.3. The number of hydrogen-bond donors (Lipinski definition) is 0. The summed E-state index contributed by atoms with van der Waals surface area (Å²) >= 11 is 0. The van der Waals surface area contributed by atoms with Gasteiger partial charge in [0.1, 0.15) is 0 Å². The van der Waals surface area contributed by atoms with Gasteiger partial charge in [0.15, 0.2) is 0 Å². The molecule has 0 aromatic rings. The standard InChI is InChI=1S/C18H38/c1-6-9-12-14-17(15-13-10-7-2)18(4,5)16-11-8-3/h17H,6-16H2,1-5H3. The molecule has 0 saturated heterocycles. The zero-order valence-electron chi connectivity index (χ0n) is 13.9. The van der Waals surface area contributed by atoms with E-state index in [1.165, 1.54) is 70.6 Å². The molecular weight excluding hydrogens is 216 g/mol. The van der Waals surface area contributed by atoms with Crippen molar-refractivity contribution in [3.05, 3.63) is 0 Å². The van der Waals surface area contributed by atoms with Crippen LogP contribution in [0, 0.1) is 11.3 Å². The maximum absolute atomic E-state index is 2.52. The third-order valence-electron chi connectivity index (χ3n) is 4.59. The van der Waals surface area contributed by atoms with Crippen molar-refractivity contribution in [2.45, 2.75) is 105 Å². The highest BCUT2D eigenvalue weighted by Crippen LogP contribution is 2.39. The van der Waals surface area contributed by atoms with E-state index < -0.39 is 0 Å². The van der Waals surface area contributed by atoms with Crippen molar-refractivity contribution in [2.24, 2.45) is 11.3 Å². The molecule has 18 heavy (non-hydrogen) atoms. The maximum Gasteiger partial charge on any atom is -0.0326 e. The minimum atomic E-state index is 0.567. The smallest absolute Gasteiger partial charge is 0.0326 e. The summed E-state index contributed by atoms with van der Waals surface area (Å²) in [5.41, 5.74) is 0.567. The van der Waals surface area contributed by atoms with Gasteiger partial charge in [-0.15, -0.1) is 0 Å². The van der Waals surface area contributed by atoms with Gasteiger partial charge in [0.05, 0.1) is 0 Å². The van der Waals surface area contributed by atoms with Gasteiger partial charge in [-0.25, -0.2) is 0 Å². The van der Waals surface area contributed by atoms with Crippen molar-refractivity contribution in [3.63, 3.8) is 0 Å². The third kappa shape index (κ3) is 8.16. The first-order chi connectivity index (χ1) is 8.58. The Labute approximate surface area is 117 Å². The van der Waals surface area contributed by atoms with Crippen LogP contribution in [0.2, 0.25) is 0 Å². The van der Waals surface area contributed by atoms with Gasteiger partial charge in [-0.2, -0.15) is 0 Å². The molecule has 0 heteroatoms. The van der Waals surface area contributed by atoms with Gasteiger partial charge < -0.3 is 0 Å². The van der Waals surface area contributed by atoms with Crippen LogP contribution in [0.3, 0.4) is 0 Å². The lowest BCUT2D eigenvalue weighted by atomic mass is 9.71. The average Bonchev–Trinajstić information content (AvgIpc) is 2.35. The molecule has 0 unspecified atom stereocenters. The Balaban J connectivity index is 4.22. The van der Waals surface area contributed by atoms with E-state index in [0.717, 1.165) is 5.92 Å². The van der Waals surface area contributed by atoms with E-state index in [-0.39, 0.29) is 0 Å². The van der Waals surface area contributed by atoms with Crippen molar-refractivity contribution < 1.29 is 0 Å². The monoisotopic (exact) mass is 254 g/mol. The zero-order valence-corrected chi connectivity index (χ0v) is 13.9. The van der Waals surface area contributed by atoms with Crippen molar-refractivity contribution in [1.29, 1.82) is 0 Å². The van der Waals surface area contributed by atoms with Crippen molar-refractivity contribution in [3.8, 4) is 0 Å². The lowest BCUT2D eigenvalue weighted by Crippen LogP contribution is -2.24. The van der Waals surface area contributed by atoms with Gasteiger partial charge in [-0.3, -0.25) is 0 Å². The van der Waals surface area contributed by atoms with Crippen molar-refractivity contribution in [1.82, 2.24) is 0 Å². The molecule has 0 bridgehead atoms. The summed E-state index contributed by atoms with van der Waals surface area (Å²) < 4.78 is 0. The predicted molar refractivity (Wildman–Crippen MR) is 85.1 cm³/mol. The quantitative estimate of drug-likeness (QED) is 0.329. The first-order valence-electron chi connectivity index (χ1n) is 8.58. The fourth-order valence-electron chi connectivity index (χ4n) is 3.04. The van der Waals surface area contributed by atoms with E-state index in [1.54, 1.807) is 0 Å². The highest BCUT2D eigenvalue weighted by Gasteiger charge is 2.27. The largest absolute Gasteiger partial charge is 0.0654 e. The molecule has 110 valence electrons. The zero-order chi connectivity index (χ0) is 13.9. The summed E-state index contributed by atoms with van der Waals surface area (Å²) in [4.78, 5) is 0. The Morgan fingerprint density at radius 2 is 1.11 bits per heavy atom. The van der Waals surface area contributed by atoms with Gasteiger partial charge in [-0.05, 0) is 30.6 Å². The highest BCUT2D eigenvalue weighted by molar-refractivity contribution is 4.78. The molecule has 0 nitrogen and oxygen atoms in total. The summed E-state index contributed by atoms with van der Waals surface area (Å²) in [6.07, 6.45) is 15.6. The minimum Gasteiger partial charge on any atom is -0.0654 e. The molecule has 0 spiro atoms. The Morgan fingerprint density at radius 3 is 1.50 bits per heavy atom. The molecule has 0 radical (unpaired) electrons. The van der Waals surface area contributed by atoms with Crippen molar-refractivity contribution >= 4 is 0 Å². The van der Waals surface area contributed by atoms with E-state index in [9.17, 15) is 0 Å². The van der Waals surface area contributed by atoms with E-state index in [1.807, 2.05) is 0 Å². The lowest BCUT2D eigenvalue weighted by molar-refractivity contribution is 0.160. The molecule has 0 heterocycles. The van der Waals surface area contributed by atoms with Crippen LogP contribution in [0.5, 0.6) is 0 Å². The molecule has 0 rings (SSSR count). The Morgan fingerprint density at radius 1 is 0.667 bits per heavy atom. The van der Waals surface area contributed by atoms with Crippen LogP contribution in [0.25, 0.3) is 0 Å². The molecule has 0 aromatic carbocycles. The molecule has 0 aliphatic carbocycles. The first-order valence-corrected chi connectivity index (χ1v) is 8.58. The second-order valence-electron chi connectivity index (χ2n) is 6.78. The summed E-state index contributed by atoms with van der Waals surface area (Å²) in [6.45, 7) is 12.0. The van der Waals surface area contributed by atoms with E-state index >= 15 is 0 Å². The molecule has 0 aliphatic heterocycles. The molecule has 0 N–H and O–H groups in total. The Bertz CT molecular complexity index is 159. The van der Waals surface area contributed by atoms with Crippen LogP contribution >= 0.6 is 0 Å². The molecule has 0 saturated carbocycles. The average molecular weight is 255 g/mol. The summed E-state index contributed by atoms with van der Waals surface area (Å²) in [6, 6.07) is 0. The molecule has 0 atom stereocenters. The van der Waals surface area contributed by atoms with Gasteiger partial charge in [0.25, 0.3) is 0 Å². The molecule has 0 fully saturated rings. The molecule has 0 amide bonds. The maximum atomic E-state index is 2.52. The van der Waals surface area contributed by atoms with Crippen LogP contribution in [-0.2, 0) is 0 Å². The number of rotatable bonds is 12. The second kappa shape index (κ2) is 10.9. The SMILES string of the molecule is CCCCCC(CCCCC)C(C)(C)CCCC. The van der Waals surface area contributed by atoms with E-state index in [4.69, 9.17) is 0 Å². The topological polar surface area (TPSA) is 0 Å².